The van der Waals surface area contributed by atoms with Crippen molar-refractivity contribution in [2.45, 2.75) is 6.92 Å². The molecule has 0 atom stereocenters. The fourth-order valence-corrected chi connectivity index (χ4v) is 1.88. The first-order valence-corrected chi connectivity index (χ1v) is 6.09. The van der Waals surface area contributed by atoms with Gasteiger partial charge >= 0.3 is 5.97 Å². The van der Waals surface area contributed by atoms with Crippen LogP contribution in [0, 0.1) is 6.92 Å². The van der Waals surface area contributed by atoms with E-state index < -0.39 is 5.97 Å². The lowest BCUT2D eigenvalue weighted by atomic mass is 10.1. The molecule has 0 aliphatic rings. The van der Waals surface area contributed by atoms with E-state index in [9.17, 15) is 4.79 Å². The molecule has 0 radical (unpaired) electrons. The highest BCUT2D eigenvalue weighted by Gasteiger charge is 2.06. The van der Waals surface area contributed by atoms with Crippen LogP contribution in [-0.4, -0.2) is 16.2 Å². The molecule has 0 amide bonds. The fourth-order valence-electron chi connectivity index (χ4n) is 1.66. The Morgan fingerprint density at radius 2 is 1.79 bits per heavy atom. The summed E-state index contributed by atoms with van der Waals surface area (Å²) in [5.74, 6) is -0.951. The van der Waals surface area contributed by atoms with Gasteiger partial charge in [-0.05, 0) is 30.7 Å². The maximum absolute atomic E-state index is 10.8. The summed E-state index contributed by atoms with van der Waals surface area (Å²) in [7, 11) is 0. The fraction of sp³-hybridized carbons (Fsp3) is 0.0667. The minimum absolute atomic E-state index is 0.243. The standard InChI is InChI=1S/C15H12ClNO2/c1-10-9-12(15(18)19)7-8-13(10)17-14(16)11-5-3-2-4-6-11/h2-9H,1H3,(H,18,19). The molecule has 19 heavy (non-hydrogen) atoms. The van der Waals surface area contributed by atoms with Crippen molar-refractivity contribution in [3.05, 3.63) is 65.2 Å². The number of hydrogen-bond acceptors (Lipinski definition) is 2. The monoisotopic (exact) mass is 273 g/mol. The third kappa shape index (κ3) is 3.20. The quantitative estimate of drug-likeness (QED) is 0.859. The third-order valence-corrected chi connectivity index (χ3v) is 2.98. The van der Waals surface area contributed by atoms with Gasteiger partial charge < -0.3 is 5.11 Å². The lowest BCUT2D eigenvalue weighted by Gasteiger charge is -2.03. The summed E-state index contributed by atoms with van der Waals surface area (Å²) in [5, 5.41) is 9.28. The van der Waals surface area contributed by atoms with Crippen LogP contribution in [0.2, 0.25) is 0 Å². The number of aryl methyl sites for hydroxylation is 1. The van der Waals surface area contributed by atoms with E-state index in [4.69, 9.17) is 16.7 Å². The summed E-state index contributed by atoms with van der Waals surface area (Å²) in [5.41, 5.74) is 2.51. The summed E-state index contributed by atoms with van der Waals surface area (Å²) >= 11 is 6.15. The van der Waals surface area contributed by atoms with Crippen LogP contribution in [0.25, 0.3) is 0 Å². The molecule has 2 rings (SSSR count). The van der Waals surface area contributed by atoms with Crippen LogP contribution in [0.3, 0.4) is 0 Å². The van der Waals surface area contributed by atoms with Gasteiger partial charge in [-0.2, -0.15) is 0 Å². The predicted octanol–water partition coefficient (Wildman–Crippen LogP) is 4.01. The molecule has 0 aliphatic carbocycles. The van der Waals surface area contributed by atoms with Gasteiger partial charge in [0.05, 0.1) is 11.3 Å². The minimum atomic E-state index is -0.951. The van der Waals surface area contributed by atoms with E-state index in [0.29, 0.717) is 10.9 Å². The molecule has 0 unspecified atom stereocenters. The molecule has 1 N–H and O–H groups in total. The molecule has 0 aliphatic heterocycles. The average molecular weight is 274 g/mol. The first-order chi connectivity index (χ1) is 9.08. The number of aromatic carboxylic acids is 1. The van der Waals surface area contributed by atoms with Crippen molar-refractivity contribution in [3.8, 4) is 0 Å². The molecular weight excluding hydrogens is 262 g/mol. The van der Waals surface area contributed by atoms with Gasteiger partial charge in [-0.15, -0.1) is 0 Å². The molecule has 0 fully saturated rings. The number of rotatable bonds is 3. The Morgan fingerprint density at radius 3 is 2.37 bits per heavy atom. The van der Waals surface area contributed by atoms with Crippen molar-refractivity contribution in [3.63, 3.8) is 0 Å². The van der Waals surface area contributed by atoms with E-state index in [-0.39, 0.29) is 5.56 Å². The zero-order valence-electron chi connectivity index (χ0n) is 10.3. The van der Waals surface area contributed by atoms with E-state index in [0.717, 1.165) is 11.1 Å². The van der Waals surface area contributed by atoms with Gasteiger partial charge in [-0.25, -0.2) is 9.79 Å². The third-order valence-electron chi connectivity index (χ3n) is 2.67. The van der Waals surface area contributed by atoms with Crippen molar-refractivity contribution in [2.75, 3.05) is 0 Å². The summed E-state index contributed by atoms with van der Waals surface area (Å²) in [4.78, 5) is 15.2. The van der Waals surface area contributed by atoms with Gasteiger partial charge in [-0.1, -0.05) is 41.9 Å². The SMILES string of the molecule is Cc1cc(C(=O)O)ccc1N=C(Cl)c1ccccc1. The van der Waals surface area contributed by atoms with Crippen molar-refractivity contribution in [2.24, 2.45) is 4.99 Å². The van der Waals surface area contributed by atoms with E-state index >= 15 is 0 Å². The van der Waals surface area contributed by atoms with Crippen molar-refractivity contribution >= 4 is 28.4 Å². The number of halogens is 1. The van der Waals surface area contributed by atoms with Gasteiger partial charge in [0, 0.05) is 5.56 Å². The van der Waals surface area contributed by atoms with Gasteiger partial charge in [0.1, 0.15) is 5.17 Å². The number of nitrogens with zero attached hydrogens (tertiary/aromatic N) is 1. The molecule has 2 aromatic rings. The maximum Gasteiger partial charge on any atom is 0.335 e. The molecule has 96 valence electrons. The molecule has 3 nitrogen and oxygen atoms in total. The molecule has 0 bridgehead atoms. The average Bonchev–Trinajstić information content (AvgIpc) is 2.41. The Bertz CT molecular complexity index is 636. The minimum Gasteiger partial charge on any atom is -0.478 e. The molecule has 0 aromatic heterocycles. The second-order valence-electron chi connectivity index (χ2n) is 4.08. The molecule has 2 aromatic carbocycles. The van der Waals surface area contributed by atoms with Gasteiger partial charge in [0.2, 0.25) is 0 Å². The van der Waals surface area contributed by atoms with Gasteiger partial charge in [0.25, 0.3) is 0 Å². The number of benzene rings is 2. The molecule has 4 heteroatoms. The van der Waals surface area contributed by atoms with E-state index in [1.807, 2.05) is 30.3 Å². The number of aliphatic imine (C=N–C) groups is 1. The Morgan fingerprint density at radius 1 is 1.11 bits per heavy atom. The molecular formula is C15H12ClNO2. The number of carboxylic acids is 1. The Kier molecular flexibility index (Phi) is 3.97. The van der Waals surface area contributed by atoms with Crippen LogP contribution in [-0.2, 0) is 0 Å². The van der Waals surface area contributed by atoms with Crippen LogP contribution in [0.1, 0.15) is 21.5 Å². The van der Waals surface area contributed by atoms with Crippen LogP contribution in [0.4, 0.5) is 5.69 Å². The summed E-state index contributed by atoms with van der Waals surface area (Å²) in [6.07, 6.45) is 0. The zero-order valence-corrected chi connectivity index (χ0v) is 11.1. The molecule has 0 saturated carbocycles. The van der Waals surface area contributed by atoms with Crippen molar-refractivity contribution in [1.29, 1.82) is 0 Å². The van der Waals surface area contributed by atoms with E-state index in [2.05, 4.69) is 4.99 Å². The second kappa shape index (κ2) is 5.67. The number of carboxylic acid groups (broad SMARTS) is 1. The summed E-state index contributed by atoms with van der Waals surface area (Å²) < 4.78 is 0. The molecule has 0 heterocycles. The summed E-state index contributed by atoms with van der Waals surface area (Å²) in [6, 6.07) is 14.2. The van der Waals surface area contributed by atoms with Crippen molar-refractivity contribution in [1.82, 2.24) is 0 Å². The van der Waals surface area contributed by atoms with E-state index in [1.165, 1.54) is 6.07 Å². The first-order valence-electron chi connectivity index (χ1n) is 5.71. The molecule has 0 saturated heterocycles. The Balaban J connectivity index is 2.36. The van der Waals surface area contributed by atoms with Gasteiger partial charge in [-0.3, -0.25) is 0 Å². The zero-order chi connectivity index (χ0) is 13.8. The van der Waals surface area contributed by atoms with Crippen LogP contribution < -0.4 is 0 Å². The van der Waals surface area contributed by atoms with E-state index in [1.54, 1.807) is 19.1 Å². The lowest BCUT2D eigenvalue weighted by molar-refractivity contribution is 0.0697. The van der Waals surface area contributed by atoms with Gasteiger partial charge in [0.15, 0.2) is 0 Å². The highest BCUT2D eigenvalue weighted by Crippen LogP contribution is 2.22. The lowest BCUT2D eigenvalue weighted by Crippen LogP contribution is -1.96. The number of hydrogen-bond donors (Lipinski definition) is 1. The Hall–Kier alpha value is -2.13. The largest absolute Gasteiger partial charge is 0.478 e. The Labute approximate surface area is 116 Å². The molecule has 0 spiro atoms. The highest BCUT2D eigenvalue weighted by molar-refractivity contribution is 6.69. The highest BCUT2D eigenvalue weighted by atomic mass is 35.5. The van der Waals surface area contributed by atoms with Crippen LogP contribution >= 0.6 is 11.6 Å². The van der Waals surface area contributed by atoms with Crippen LogP contribution in [0.5, 0.6) is 0 Å². The topological polar surface area (TPSA) is 49.7 Å². The first kappa shape index (κ1) is 13.3. The van der Waals surface area contributed by atoms with Crippen LogP contribution in [0.15, 0.2) is 53.5 Å². The number of carbonyl (C=O) groups is 1. The summed E-state index contributed by atoms with van der Waals surface area (Å²) in [6.45, 7) is 1.81. The second-order valence-corrected chi connectivity index (χ2v) is 4.43. The van der Waals surface area contributed by atoms with Crippen molar-refractivity contribution < 1.29 is 9.90 Å². The smallest absolute Gasteiger partial charge is 0.335 e. The maximum atomic E-state index is 10.8. The normalized spacial score (nSPS) is 11.4. The predicted molar refractivity (Wildman–Crippen MR) is 76.6 cm³/mol.